The van der Waals surface area contributed by atoms with Crippen molar-refractivity contribution in [2.75, 3.05) is 31.6 Å². The number of imidazole rings is 1. The number of pyridine rings is 1. The zero-order valence-electron chi connectivity index (χ0n) is 17.1. The first-order valence-electron chi connectivity index (χ1n) is 10.1. The minimum atomic E-state index is -0.0813. The van der Waals surface area contributed by atoms with E-state index in [4.69, 9.17) is 4.74 Å². The molecule has 1 amide bonds. The molecule has 2 aromatic heterocycles. The van der Waals surface area contributed by atoms with E-state index in [1.165, 1.54) is 0 Å². The highest BCUT2D eigenvalue weighted by Gasteiger charge is 2.20. The topological polar surface area (TPSA) is 72.3 Å². The standard InChI is InChI=1S/C21H31N5O2/c1-16(2)20-22-10-13-25(20)12-5-9-23-21(27)17-7-8-19(24-14-17)26-11-4-6-18(15-26)28-3/h7-8,10,13-14,16,18H,4-6,9,11-12,15H2,1-3H3,(H,23,27)/t18-/m0/s1. The summed E-state index contributed by atoms with van der Waals surface area (Å²) in [6.45, 7) is 7.57. The van der Waals surface area contributed by atoms with Gasteiger partial charge in [0.25, 0.3) is 5.91 Å². The average Bonchev–Trinajstić information content (AvgIpc) is 3.20. The van der Waals surface area contributed by atoms with Crippen LogP contribution in [0, 0.1) is 0 Å². The second-order valence-corrected chi connectivity index (χ2v) is 7.59. The highest BCUT2D eigenvalue weighted by Crippen LogP contribution is 2.19. The quantitative estimate of drug-likeness (QED) is 0.708. The summed E-state index contributed by atoms with van der Waals surface area (Å²) in [6.07, 6.45) is 8.79. The summed E-state index contributed by atoms with van der Waals surface area (Å²) in [4.78, 5) is 23.5. The molecule has 2 aromatic rings. The first-order valence-corrected chi connectivity index (χ1v) is 10.1. The van der Waals surface area contributed by atoms with E-state index in [1.807, 2.05) is 24.5 Å². The molecule has 0 unspecified atom stereocenters. The molecule has 1 aliphatic heterocycles. The second kappa shape index (κ2) is 9.68. The van der Waals surface area contributed by atoms with Gasteiger partial charge in [-0.05, 0) is 31.4 Å². The van der Waals surface area contributed by atoms with E-state index < -0.39 is 0 Å². The van der Waals surface area contributed by atoms with Gasteiger partial charge in [0.15, 0.2) is 0 Å². The van der Waals surface area contributed by atoms with Crippen LogP contribution in [0.3, 0.4) is 0 Å². The Morgan fingerprint density at radius 3 is 2.93 bits per heavy atom. The number of nitrogens with one attached hydrogen (secondary N) is 1. The summed E-state index contributed by atoms with van der Waals surface area (Å²) in [5.41, 5.74) is 0.592. The molecule has 7 nitrogen and oxygen atoms in total. The van der Waals surface area contributed by atoms with Gasteiger partial charge in [-0.2, -0.15) is 0 Å². The van der Waals surface area contributed by atoms with Crippen molar-refractivity contribution < 1.29 is 9.53 Å². The van der Waals surface area contributed by atoms with E-state index in [9.17, 15) is 4.79 Å². The van der Waals surface area contributed by atoms with Crippen LogP contribution in [0.4, 0.5) is 5.82 Å². The molecule has 3 heterocycles. The molecule has 0 aromatic carbocycles. The van der Waals surface area contributed by atoms with Crippen LogP contribution >= 0.6 is 0 Å². The molecule has 1 fully saturated rings. The number of ether oxygens (including phenoxy) is 1. The summed E-state index contributed by atoms with van der Waals surface area (Å²) in [7, 11) is 1.76. The third kappa shape index (κ3) is 5.10. The van der Waals surface area contributed by atoms with Crippen LogP contribution in [0.2, 0.25) is 0 Å². The van der Waals surface area contributed by atoms with Crippen LogP contribution in [0.25, 0.3) is 0 Å². The Morgan fingerprint density at radius 2 is 2.21 bits per heavy atom. The largest absolute Gasteiger partial charge is 0.380 e. The Hall–Kier alpha value is -2.41. The van der Waals surface area contributed by atoms with Crippen LogP contribution < -0.4 is 10.2 Å². The van der Waals surface area contributed by atoms with Crippen molar-refractivity contribution >= 4 is 11.7 Å². The molecule has 152 valence electrons. The van der Waals surface area contributed by atoms with Crippen molar-refractivity contribution in [1.82, 2.24) is 19.9 Å². The van der Waals surface area contributed by atoms with Gasteiger partial charge in [0, 0.05) is 57.8 Å². The number of carbonyl (C=O) groups is 1. The molecule has 0 saturated carbocycles. The third-order valence-electron chi connectivity index (χ3n) is 5.17. The molecule has 0 radical (unpaired) electrons. The lowest BCUT2D eigenvalue weighted by atomic mass is 10.1. The molecule has 1 atom stereocenters. The molecule has 28 heavy (non-hydrogen) atoms. The van der Waals surface area contributed by atoms with Gasteiger partial charge in [0.05, 0.1) is 11.7 Å². The fraction of sp³-hybridized carbons (Fsp3) is 0.571. The van der Waals surface area contributed by atoms with E-state index in [-0.39, 0.29) is 12.0 Å². The lowest BCUT2D eigenvalue weighted by Crippen LogP contribution is -2.39. The van der Waals surface area contributed by atoms with E-state index in [1.54, 1.807) is 13.3 Å². The molecule has 0 spiro atoms. The van der Waals surface area contributed by atoms with Gasteiger partial charge in [0.1, 0.15) is 11.6 Å². The molecular formula is C21H31N5O2. The minimum Gasteiger partial charge on any atom is -0.380 e. The highest BCUT2D eigenvalue weighted by atomic mass is 16.5. The normalized spacial score (nSPS) is 17.1. The number of methoxy groups -OCH3 is 1. The summed E-state index contributed by atoms with van der Waals surface area (Å²) >= 11 is 0. The lowest BCUT2D eigenvalue weighted by Gasteiger charge is -2.32. The molecular weight excluding hydrogens is 354 g/mol. The van der Waals surface area contributed by atoms with E-state index in [2.05, 4.69) is 38.6 Å². The van der Waals surface area contributed by atoms with Crippen molar-refractivity contribution in [2.45, 2.75) is 51.7 Å². The maximum atomic E-state index is 12.4. The Morgan fingerprint density at radius 1 is 1.36 bits per heavy atom. The van der Waals surface area contributed by atoms with Crippen LogP contribution in [-0.4, -0.2) is 53.3 Å². The third-order valence-corrected chi connectivity index (χ3v) is 5.17. The zero-order valence-corrected chi connectivity index (χ0v) is 17.1. The molecule has 1 N–H and O–H groups in total. The number of aryl methyl sites for hydroxylation is 1. The number of nitrogens with zero attached hydrogens (tertiary/aromatic N) is 4. The SMILES string of the molecule is CO[C@H]1CCCN(c2ccc(C(=O)NCCCn3ccnc3C(C)C)cn2)C1. The monoisotopic (exact) mass is 385 g/mol. The predicted molar refractivity (Wildman–Crippen MR) is 110 cm³/mol. The molecule has 7 heteroatoms. The van der Waals surface area contributed by atoms with Crippen molar-refractivity contribution in [2.24, 2.45) is 0 Å². The fourth-order valence-corrected chi connectivity index (χ4v) is 3.61. The van der Waals surface area contributed by atoms with E-state index in [0.717, 1.165) is 50.5 Å². The Bertz CT molecular complexity index is 756. The van der Waals surface area contributed by atoms with Gasteiger partial charge in [-0.1, -0.05) is 13.8 Å². The van der Waals surface area contributed by atoms with Crippen LogP contribution in [0.15, 0.2) is 30.7 Å². The number of piperidine rings is 1. The first kappa shape index (κ1) is 20.3. The molecule has 0 aliphatic carbocycles. The van der Waals surface area contributed by atoms with Crippen molar-refractivity contribution in [1.29, 1.82) is 0 Å². The Balaban J connectivity index is 1.46. The average molecular weight is 386 g/mol. The predicted octanol–water partition coefficient (Wildman–Crippen LogP) is 2.84. The first-order chi connectivity index (χ1) is 13.6. The Labute approximate surface area is 167 Å². The van der Waals surface area contributed by atoms with Crippen LogP contribution in [0.5, 0.6) is 0 Å². The van der Waals surface area contributed by atoms with Gasteiger partial charge in [-0.15, -0.1) is 0 Å². The van der Waals surface area contributed by atoms with Gasteiger partial charge < -0.3 is 19.5 Å². The maximum Gasteiger partial charge on any atom is 0.252 e. The zero-order chi connectivity index (χ0) is 19.9. The second-order valence-electron chi connectivity index (χ2n) is 7.59. The summed E-state index contributed by atoms with van der Waals surface area (Å²) in [5, 5.41) is 2.98. The van der Waals surface area contributed by atoms with Gasteiger partial charge in [-0.25, -0.2) is 9.97 Å². The summed E-state index contributed by atoms with van der Waals surface area (Å²) < 4.78 is 7.62. The van der Waals surface area contributed by atoms with Crippen molar-refractivity contribution in [3.8, 4) is 0 Å². The van der Waals surface area contributed by atoms with E-state index in [0.29, 0.717) is 18.0 Å². The van der Waals surface area contributed by atoms with E-state index >= 15 is 0 Å². The minimum absolute atomic E-state index is 0.0813. The van der Waals surface area contributed by atoms with Gasteiger partial charge in [0.2, 0.25) is 0 Å². The maximum absolute atomic E-state index is 12.4. The van der Waals surface area contributed by atoms with Crippen molar-refractivity contribution in [3.63, 3.8) is 0 Å². The number of rotatable bonds is 8. The van der Waals surface area contributed by atoms with Gasteiger partial charge >= 0.3 is 0 Å². The lowest BCUT2D eigenvalue weighted by molar-refractivity contribution is 0.0891. The smallest absolute Gasteiger partial charge is 0.252 e. The highest BCUT2D eigenvalue weighted by molar-refractivity contribution is 5.94. The molecule has 1 aliphatic rings. The number of hydrogen-bond acceptors (Lipinski definition) is 5. The summed E-state index contributed by atoms with van der Waals surface area (Å²) in [5.74, 6) is 2.30. The Kier molecular flexibility index (Phi) is 7.03. The van der Waals surface area contributed by atoms with Crippen molar-refractivity contribution in [3.05, 3.63) is 42.1 Å². The number of aromatic nitrogens is 3. The molecule has 0 bridgehead atoms. The summed E-state index contributed by atoms with van der Waals surface area (Å²) in [6, 6.07) is 3.77. The molecule has 3 rings (SSSR count). The fourth-order valence-electron chi connectivity index (χ4n) is 3.61. The number of anilines is 1. The number of carbonyl (C=O) groups excluding carboxylic acids is 1. The number of hydrogen-bond donors (Lipinski definition) is 1. The van der Waals surface area contributed by atoms with Crippen LogP contribution in [0.1, 0.15) is 55.2 Å². The van der Waals surface area contributed by atoms with Gasteiger partial charge in [-0.3, -0.25) is 4.79 Å². The number of amides is 1. The molecule has 1 saturated heterocycles. The van der Waals surface area contributed by atoms with Crippen LogP contribution in [-0.2, 0) is 11.3 Å².